The monoisotopic (exact) mass is 389 g/mol. The Morgan fingerprint density at radius 1 is 1.19 bits per heavy atom. The number of nitrogens with zero attached hydrogens (tertiary/aromatic N) is 4. The fraction of sp³-hybridized carbons (Fsp3) is 0.500. The van der Waals surface area contributed by atoms with E-state index in [-0.39, 0.29) is 5.56 Å². The molecule has 0 amide bonds. The highest BCUT2D eigenvalue weighted by Gasteiger charge is 2.20. The molecule has 27 heavy (non-hydrogen) atoms. The molecule has 3 aromatic heterocycles. The zero-order chi connectivity index (χ0) is 18.8. The number of rotatable bonds is 6. The summed E-state index contributed by atoms with van der Waals surface area (Å²) >= 11 is 1.59. The first-order valence-corrected chi connectivity index (χ1v) is 10.2. The van der Waals surface area contributed by atoms with Gasteiger partial charge < -0.3 is 9.30 Å². The number of hydrogen-bond acceptors (Lipinski definition) is 6. The van der Waals surface area contributed by atoms with E-state index in [0.717, 1.165) is 50.7 Å². The summed E-state index contributed by atoms with van der Waals surface area (Å²) in [5, 5.41) is 4.01. The summed E-state index contributed by atoms with van der Waals surface area (Å²) in [5.41, 5.74) is 1.13. The summed E-state index contributed by atoms with van der Waals surface area (Å²) in [6, 6.07) is 1.99. The van der Waals surface area contributed by atoms with Gasteiger partial charge in [0.2, 0.25) is 0 Å². The molecule has 1 saturated heterocycles. The van der Waals surface area contributed by atoms with Crippen molar-refractivity contribution in [2.24, 2.45) is 0 Å². The lowest BCUT2D eigenvalue weighted by Gasteiger charge is -2.26. The average Bonchev–Trinajstić information content (AvgIpc) is 3.32. The molecule has 4 rings (SSSR count). The van der Waals surface area contributed by atoms with E-state index >= 15 is 0 Å². The third kappa shape index (κ3) is 3.50. The van der Waals surface area contributed by atoms with E-state index in [1.165, 1.54) is 0 Å². The van der Waals surface area contributed by atoms with Crippen LogP contribution in [-0.4, -0.2) is 56.9 Å². The SMILES string of the molecule is CCCn1c(=O)[nH]c(=O)c2c1nc(-c1ccsc1)n2CCN1CCOCC1. The third-order valence-corrected chi connectivity index (χ3v) is 5.54. The van der Waals surface area contributed by atoms with E-state index in [0.29, 0.717) is 24.3 Å². The van der Waals surface area contributed by atoms with E-state index in [4.69, 9.17) is 9.72 Å². The maximum atomic E-state index is 12.7. The number of H-pyrrole nitrogens is 1. The van der Waals surface area contributed by atoms with Gasteiger partial charge in [-0.2, -0.15) is 11.3 Å². The molecular weight excluding hydrogens is 366 g/mol. The van der Waals surface area contributed by atoms with Crippen molar-refractivity contribution in [1.82, 2.24) is 24.0 Å². The molecule has 0 aliphatic carbocycles. The summed E-state index contributed by atoms with van der Waals surface area (Å²) in [4.78, 5) is 34.5. The molecule has 0 saturated carbocycles. The third-order valence-electron chi connectivity index (χ3n) is 4.86. The van der Waals surface area contributed by atoms with Gasteiger partial charge in [0.05, 0.1) is 13.2 Å². The van der Waals surface area contributed by atoms with Gasteiger partial charge in [0.25, 0.3) is 5.56 Å². The van der Waals surface area contributed by atoms with E-state index in [1.807, 2.05) is 28.3 Å². The van der Waals surface area contributed by atoms with Crippen molar-refractivity contribution in [2.75, 3.05) is 32.8 Å². The second-order valence-electron chi connectivity index (χ2n) is 6.64. The largest absolute Gasteiger partial charge is 0.379 e. The molecule has 0 spiro atoms. The lowest BCUT2D eigenvalue weighted by Crippen LogP contribution is -2.38. The van der Waals surface area contributed by atoms with Crippen molar-refractivity contribution in [2.45, 2.75) is 26.4 Å². The van der Waals surface area contributed by atoms with Gasteiger partial charge in [-0.05, 0) is 17.9 Å². The first kappa shape index (κ1) is 18.1. The first-order chi connectivity index (χ1) is 13.2. The number of thiophene rings is 1. The predicted molar refractivity (Wildman–Crippen MR) is 105 cm³/mol. The molecule has 0 atom stereocenters. The fourth-order valence-corrected chi connectivity index (χ4v) is 4.13. The highest BCUT2D eigenvalue weighted by molar-refractivity contribution is 7.08. The van der Waals surface area contributed by atoms with Gasteiger partial charge >= 0.3 is 5.69 Å². The van der Waals surface area contributed by atoms with E-state index < -0.39 is 5.69 Å². The molecule has 144 valence electrons. The maximum absolute atomic E-state index is 12.7. The van der Waals surface area contributed by atoms with Crippen LogP contribution in [0.15, 0.2) is 26.4 Å². The summed E-state index contributed by atoms with van der Waals surface area (Å²) in [5.74, 6) is 0.737. The molecular formula is C18H23N5O3S. The van der Waals surface area contributed by atoms with Crippen molar-refractivity contribution in [3.05, 3.63) is 37.7 Å². The summed E-state index contributed by atoms with van der Waals surface area (Å²) in [6.45, 7) is 7.20. The van der Waals surface area contributed by atoms with Crippen LogP contribution in [0.5, 0.6) is 0 Å². The lowest BCUT2D eigenvalue weighted by molar-refractivity contribution is 0.0366. The number of nitrogens with one attached hydrogen (secondary N) is 1. The van der Waals surface area contributed by atoms with Gasteiger partial charge in [0, 0.05) is 43.7 Å². The minimum Gasteiger partial charge on any atom is -0.379 e. The van der Waals surface area contributed by atoms with Crippen LogP contribution in [0.25, 0.3) is 22.6 Å². The van der Waals surface area contributed by atoms with E-state index in [9.17, 15) is 9.59 Å². The van der Waals surface area contributed by atoms with Crippen LogP contribution in [0.3, 0.4) is 0 Å². The van der Waals surface area contributed by atoms with Crippen LogP contribution < -0.4 is 11.2 Å². The van der Waals surface area contributed by atoms with Crippen LogP contribution in [0, 0.1) is 0 Å². The number of ether oxygens (including phenoxy) is 1. The smallest absolute Gasteiger partial charge is 0.330 e. The zero-order valence-electron chi connectivity index (χ0n) is 15.3. The minimum atomic E-state index is -0.399. The van der Waals surface area contributed by atoms with Gasteiger partial charge in [0.1, 0.15) is 5.82 Å². The predicted octanol–water partition coefficient (Wildman–Crippen LogP) is 1.36. The molecule has 1 aliphatic heterocycles. The van der Waals surface area contributed by atoms with Gasteiger partial charge in [-0.15, -0.1) is 0 Å². The summed E-state index contributed by atoms with van der Waals surface area (Å²) in [7, 11) is 0. The number of hydrogen-bond donors (Lipinski definition) is 1. The quantitative estimate of drug-likeness (QED) is 0.688. The van der Waals surface area contributed by atoms with Gasteiger partial charge in [-0.3, -0.25) is 19.2 Å². The molecule has 3 aromatic rings. The Bertz CT molecular complexity index is 1030. The van der Waals surface area contributed by atoms with Gasteiger partial charge in [0.15, 0.2) is 11.2 Å². The molecule has 0 unspecified atom stereocenters. The summed E-state index contributed by atoms with van der Waals surface area (Å²) in [6.07, 6.45) is 0.787. The lowest BCUT2D eigenvalue weighted by atomic mass is 10.3. The van der Waals surface area contributed by atoms with Crippen molar-refractivity contribution in [3.8, 4) is 11.4 Å². The standard InChI is InChI=1S/C18H23N5O3S/c1-2-4-23-16-14(17(24)20-18(23)25)22(6-5-21-7-9-26-10-8-21)15(19-16)13-3-11-27-12-13/h3,11-12H,2,4-10H2,1H3,(H,20,24,25). The Kier molecular flexibility index (Phi) is 5.24. The first-order valence-electron chi connectivity index (χ1n) is 9.25. The molecule has 1 fully saturated rings. The number of morpholine rings is 1. The van der Waals surface area contributed by atoms with Crippen molar-refractivity contribution in [1.29, 1.82) is 0 Å². The number of aromatic amines is 1. The number of aromatic nitrogens is 4. The van der Waals surface area contributed by atoms with E-state index in [1.54, 1.807) is 15.9 Å². The van der Waals surface area contributed by atoms with Crippen LogP contribution in [0.4, 0.5) is 0 Å². The van der Waals surface area contributed by atoms with Gasteiger partial charge in [-0.25, -0.2) is 9.78 Å². The van der Waals surface area contributed by atoms with Gasteiger partial charge in [-0.1, -0.05) is 6.92 Å². The molecule has 4 heterocycles. The Labute approximate surface area is 160 Å². The maximum Gasteiger partial charge on any atom is 0.330 e. The normalized spacial score (nSPS) is 15.6. The van der Waals surface area contributed by atoms with Crippen LogP contribution in [0.2, 0.25) is 0 Å². The second-order valence-corrected chi connectivity index (χ2v) is 7.42. The average molecular weight is 389 g/mol. The topological polar surface area (TPSA) is 85.2 Å². The highest BCUT2D eigenvalue weighted by Crippen LogP contribution is 2.24. The van der Waals surface area contributed by atoms with Crippen LogP contribution in [0.1, 0.15) is 13.3 Å². The molecule has 1 aliphatic rings. The number of imidazole rings is 1. The Hall–Kier alpha value is -2.23. The van der Waals surface area contributed by atoms with Crippen LogP contribution >= 0.6 is 11.3 Å². The molecule has 0 aromatic carbocycles. The van der Waals surface area contributed by atoms with Crippen molar-refractivity contribution in [3.63, 3.8) is 0 Å². The molecule has 8 nitrogen and oxygen atoms in total. The van der Waals surface area contributed by atoms with Crippen LogP contribution in [-0.2, 0) is 17.8 Å². The Morgan fingerprint density at radius 2 is 2.00 bits per heavy atom. The Morgan fingerprint density at radius 3 is 2.70 bits per heavy atom. The molecule has 0 bridgehead atoms. The Balaban J connectivity index is 1.83. The minimum absolute atomic E-state index is 0.377. The number of fused-ring (bicyclic) bond motifs is 1. The van der Waals surface area contributed by atoms with E-state index in [2.05, 4.69) is 9.88 Å². The van der Waals surface area contributed by atoms with Crippen molar-refractivity contribution < 1.29 is 4.74 Å². The second kappa shape index (κ2) is 7.79. The zero-order valence-corrected chi connectivity index (χ0v) is 16.1. The molecule has 0 radical (unpaired) electrons. The molecule has 1 N–H and O–H groups in total. The molecule has 9 heteroatoms. The highest BCUT2D eigenvalue weighted by atomic mass is 32.1. The van der Waals surface area contributed by atoms with Crippen molar-refractivity contribution >= 4 is 22.5 Å². The summed E-state index contributed by atoms with van der Waals surface area (Å²) < 4.78 is 8.93. The number of aryl methyl sites for hydroxylation is 1. The fourth-order valence-electron chi connectivity index (χ4n) is 3.50.